The normalized spacial score (nSPS) is 12.8. The highest BCUT2D eigenvalue weighted by molar-refractivity contribution is 7.99. The van der Waals surface area contributed by atoms with Crippen LogP contribution in [0.25, 0.3) is 10.2 Å². The molecule has 2 heterocycles. The van der Waals surface area contributed by atoms with Gasteiger partial charge in [-0.1, -0.05) is 0 Å². The Balaban J connectivity index is 1.28. The van der Waals surface area contributed by atoms with Crippen LogP contribution in [0, 0.1) is 0 Å². The van der Waals surface area contributed by atoms with Gasteiger partial charge in [0.05, 0.1) is 23.5 Å². The highest BCUT2D eigenvalue weighted by atomic mass is 32.2. The van der Waals surface area contributed by atoms with Gasteiger partial charge in [0.15, 0.2) is 0 Å². The maximum atomic E-state index is 12.5. The van der Waals surface area contributed by atoms with Crippen molar-refractivity contribution in [2.75, 3.05) is 31.4 Å². The summed E-state index contributed by atoms with van der Waals surface area (Å²) in [6, 6.07) is 7.21. The van der Waals surface area contributed by atoms with Crippen LogP contribution >= 0.6 is 23.1 Å². The first-order valence-corrected chi connectivity index (χ1v) is 11.7. The van der Waals surface area contributed by atoms with Crippen LogP contribution in [-0.4, -0.2) is 42.0 Å². The number of anilines is 1. The van der Waals surface area contributed by atoms with E-state index in [1.807, 2.05) is 0 Å². The molecule has 0 aliphatic heterocycles. The van der Waals surface area contributed by atoms with E-state index in [0.29, 0.717) is 30.5 Å². The summed E-state index contributed by atoms with van der Waals surface area (Å²) < 4.78 is 10.4. The number of aromatic amines is 1. The van der Waals surface area contributed by atoms with Crippen LogP contribution < -0.4 is 15.6 Å². The molecule has 30 heavy (non-hydrogen) atoms. The number of thioether (sulfide) groups is 1. The first-order valence-electron chi connectivity index (χ1n) is 9.77. The van der Waals surface area contributed by atoms with Gasteiger partial charge in [-0.15, -0.1) is 23.1 Å². The smallest absolute Gasteiger partial charge is 0.259 e. The second-order valence-electron chi connectivity index (χ2n) is 6.96. The number of ether oxygens (including phenoxy) is 2. The fraction of sp³-hybridized carbons (Fsp3) is 0.381. The van der Waals surface area contributed by atoms with Crippen molar-refractivity contribution in [3.8, 4) is 5.75 Å². The minimum absolute atomic E-state index is 0.0627. The summed E-state index contributed by atoms with van der Waals surface area (Å²) in [7, 11) is 1.62. The summed E-state index contributed by atoms with van der Waals surface area (Å²) in [4.78, 5) is 34.3. The van der Waals surface area contributed by atoms with Crippen molar-refractivity contribution < 1.29 is 14.3 Å². The number of nitrogens with zero attached hydrogens (tertiary/aromatic N) is 1. The van der Waals surface area contributed by atoms with Crippen molar-refractivity contribution in [3.05, 3.63) is 50.9 Å². The number of aryl methyl sites for hydroxylation is 2. The molecule has 158 valence electrons. The molecule has 0 spiro atoms. The molecule has 0 saturated heterocycles. The minimum Gasteiger partial charge on any atom is -0.491 e. The summed E-state index contributed by atoms with van der Waals surface area (Å²) in [5.74, 6) is 1.99. The number of fused-ring (bicyclic) bond motifs is 3. The number of nitrogens with one attached hydrogen (secondary N) is 2. The number of benzene rings is 1. The standard InChI is InChI=1S/C21H23N3O4S2/c1-27-9-10-28-14-7-5-13(6-8-14)22-18(25)12-29-11-17-23-20(26)19-15-3-2-4-16(15)30-21(19)24-17/h5-8H,2-4,9-12H2,1H3,(H,22,25)(H,23,24,26). The summed E-state index contributed by atoms with van der Waals surface area (Å²) in [5.41, 5.74) is 1.82. The monoisotopic (exact) mass is 445 g/mol. The SMILES string of the molecule is COCCOc1ccc(NC(=O)CSCc2nc3sc4c(c3c(=O)[nH]2)CCC4)cc1. The van der Waals surface area contributed by atoms with Crippen LogP contribution in [0.4, 0.5) is 5.69 Å². The average molecular weight is 446 g/mol. The number of H-pyrrole nitrogens is 1. The van der Waals surface area contributed by atoms with E-state index >= 15 is 0 Å². The Hall–Kier alpha value is -2.36. The molecule has 2 aromatic heterocycles. The van der Waals surface area contributed by atoms with Gasteiger partial charge in [0.25, 0.3) is 5.56 Å². The Morgan fingerprint density at radius 1 is 1.27 bits per heavy atom. The number of thiophene rings is 1. The number of methoxy groups -OCH3 is 1. The van der Waals surface area contributed by atoms with Crippen LogP contribution in [0.3, 0.4) is 0 Å². The molecule has 1 aliphatic rings. The lowest BCUT2D eigenvalue weighted by molar-refractivity contribution is -0.113. The highest BCUT2D eigenvalue weighted by Gasteiger charge is 2.21. The number of hydrogen-bond donors (Lipinski definition) is 2. The molecule has 1 amide bonds. The lowest BCUT2D eigenvalue weighted by Gasteiger charge is -2.08. The zero-order valence-corrected chi connectivity index (χ0v) is 18.3. The first-order chi connectivity index (χ1) is 14.6. The van der Waals surface area contributed by atoms with E-state index in [0.717, 1.165) is 35.2 Å². The van der Waals surface area contributed by atoms with Gasteiger partial charge in [-0.05, 0) is 49.1 Å². The molecule has 2 N–H and O–H groups in total. The Morgan fingerprint density at radius 3 is 2.90 bits per heavy atom. The fourth-order valence-electron chi connectivity index (χ4n) is 3.43. The Kier molecular flexibility index (Phi) is 6.71. The van der Waals surface area contributed by atoms with E-state index in [4.69, 9.17) is 9.47 Å². The van der Waals surface area contributed by atoms with E-state index in [1.54, 1.807) is 42.7 Å². The maximum absolute atomic E-state index is 12.5. The number of hydrogen-bond acceptors (Lipinski definition) is 7. The van der Waals surface area contributed by atoms with E-state index in [2.05, 4.69) is 15.3 Å². The molecule has 0 radical (unpaired) electrons. The highest BCUT2D eigenvalue weighted by Crippen LogP contribution is 2.34. The van der Waals surface area contributed by atoms with Gasteiger partial charge in [0.2, 0.25) is 5.91 Å². The number of rotatable bonds is 9. The molecule has 4 rings (SSSR count). The lowest BCUT2D eigenvalue weighted by Crippen LogP contribution is -2.15. The van der Waals surface area contributed by atoms with Crippen molar-refractivity contribution in [1.29, 1.82) is 0 Å². The van der Waals surface area contributed by atoms with Crippen molar-refractivity contribution >= 4 is 44.9 Å². The molecule has 9 heteroatoms. The second kappa shape index (κ2) is 9.63. The van der Waals surface area contributed by atoms with E-state index in [9.17, 15) is 9.59 Å². The molecule has 0 saturated carbocycles. The molecule has 1 aliphatic carbocycles. The third-order valence-corrected chi connectivity index (χ3v) is 6.92. The number of amides is 1. The van der Waals surface area contributed by atoms with Crippen LogP contribution in [0.5, 0.6) is 5.75 Å². The van der Waals surface area contributed by atoms with Gasteiger partial charge in [0.1, 0.15) is 23.0 Å². The lowest BCUT2D eigenvalue weighted by atomic mass is 10.2. The fourth-order valence-corrected chi connectivity index (χ4v) is 5.40. The number of aromatic nitrogens is 2. The average Bonchev–Trinajstić information content (AvgIpc) is 3.30. The molecule has 7 nitrogen and oxygen atoms in total. The molecule has 3 aromatic rings. The summed E-state index contributed by atoms with van der Waals surface area (Å²) >= 11 is 3.05. The first kappa shape index (κ1) is 20.9. The Bertz CT molecular complexity index is 1090. The van der Waals surface area contributed by atoms with Gasteiger partial charge in [-0.25, -0.2) is 4.98 Å². The molecule has 0 unspecified atom stereocenters. The molecule has 0 bridgehead atoms. The maximum Gasteiger partial charge on any atom is 0.259 e. The molecular weight excluding hydrogens is 422 g/mol. The van der Waals surface area contributed by atoms with Gasteiger partial charge in [-0.2, -0.15) is 0 Å². The second-order valence-corrected chi connectivity index (χ2v) is 9.03. The van der Waals surface area contributed by atoms with Gasteiger partial charge in [-0.3, -0.25) is 9.59 Å². The topological polar surface area (TPSA) is 93.3 Å². The molecule has 1 aromatic carbocycles. The van der Waals surface area contributed by atoms with Crippen LogP contribution in [0.2, 0.25) is 0 Å². The van der Waals surface area contributed by atoms with Gasteiger partial charge < -0.3 is 19.8 Å². The third kappa shape index (κ3) is 4.85. The zero-order chi connectivity index (χ0) is 20.9. The summed E-state index contributed by atoms with van der Waals surface area (Å²) in [6.45, 7) is 1.01. The summed E-state index contributed by atoms with van der Waals surface area (Å²) in [5, 5.41) is 3.62. The zero-order valence-electron chi connectivity index (χ0n) is 16.7. The summed E-state index contributed by atoms with van der Waals surface area (Å²) in [6.07, 6.45) is 3.13. The van der Waals surface area contributed by atoms with Crippen LogP contribution in [0.1, 0.15) is 22.7 Å². The quantitative estimate of drug-likeness (QED) is 0.491. The Labute approximate surface area is 182 Å². The molecule has 0 atom stereocenters. The van der Waals surface area contributed by atoms with Gasteiger partial charge >= 0.3 is 0 Å². The predicted molar refractivity (Wildman–Crippen MR) is 121 cm³/mol. The van der Waals surface area contributed by atoms with Crippen LogP contribution in [-0.2, 0) is 28.1 Å². The largest absolute Gasteiger partial charge is 0.491 e. The van der Waals surface area contributed by atoms with E-state index < -0.39 is 0 Å². The Morgan fingerprint density at radius 2 is 2.10 bits per heavy atom. The predicted octanol–water partition coefficient (Wildman–Crippen LogP) is 3.37. The minimum atomic E-state index is -0.105. The van der Waals surface area contributed by atoms with Crippen molar-refractivity contribution in [3.63, 3.8) is 0 Å². The van der Waals surface area contributed by atoms with Crippen LogP contribution in [0.15, 0.2) is 29.1 Å². The third-order valence-electron chi connectivity index (χ3n) is 4.79. The number of carbonyl (C=O) groups is 1. The molecular formula is C21H23N3O4S2. The number of carbonyl (C=O) groups excluding carboxylic acids is 1. The van der Waals surface area contributed by atoms with Crippen molar-refractivity contribution in [2.24, 2.45) is 0 Å². The van der Waals surface area contributed by atoms with E-state index in [1.165, 1.54) is 22.2 Å². The molecule has 0 fully saturated rings. The van der Waals surface area contributed by atoms with Gasteiger partial charge in [0, 0.05) is 17.7 Å². The van der Waals surface area contributed by atoms with Crippen molar-refractivity contribution in [2.45, 2.75) is 25.0 Å². The van der Waals surface area contributed by atoms with E-state index in [-0.39, 0.29) is 17.2 Å². The van der Waals surface area contributed by atoms with Crippen molar-refractivity contribution in [1.82, 2.24) is 9.97 Å².